The van der Waals surface area contributed by atoms with E-state index in [9.17, 15) is 4.79 Å². The molecule has 0 bridgehead atoms. The molecule has 0 saturated carbocycles. The second kappa shape index (κ2) is 7.53. The first-order valence-corrected chi connectivity index (χ1v) is 11.2. The molecule has 0 amide bonds. The van der Waals surface area contributed by atoms with Crippen molar-refractivity contribution in [3.8, 4) is 33.3 Å². The summed E-state index contributed by atoms with van der Waals surface area (Å²) in [6.45, 7) is 2.53. The third kappa shape index (κ3) is 3.56. The van der Waals surface area contributed by atoms with E-state index in [1.807, 2.05) is 42.8 Å². The van der Waals surface area contributed by atoms with Crippen molar-refractivity contribution in [3.05, 3.63) is 34.5 Å². The smallest absolute Gasteiger partial charge is 0.348 e. The zero-order valence-corrected chi connectivity index (χ0v) is 17.4. The summed E-state index contributed by atoms with van der Waals surface area (Å²) in [5.74, 6) is 1.19. The second-order valence-corrected chi connectivity index (χ2v) is 8.93. The maximum Gasteiger partial charge on any atom is 0.348 e. The van der Waals surface area contributed by atoms with E-state index in [1.165, 1.54) is 18.4 Å². The molecule has 0 spiro atoms. The number of fused-ring (bicyclic) bond motifs is 1. The van der Waals surface area contributed by atoms with Crippen LogP contribution in [-0.4, -0.2) is 37.0 Å². The quantitative estimate of drug-likeness (QED) is 0.428. The Hall–Kier alpha value is -2.03. The van der Waals surface area contributed by atoms with Crippen molar-refractivity contribution in [1.82, 2.24) is 4.98 Å². The Labute approximate surface area is 169 Å². The number of carbonyl (C=O) groups is 1. The predicted molar refractivity (Wildman–Crippen MR) is 110 cm³/mol. The molecule has 1 atom stereocenters. The molecule has 0 N–H and O–H groups in total. The zero-order valence-electron chi connectivity index (χ0n) is 15.0. The number of thiophene rings is 1. The van der Waals surface area contributed by atoms with Crippen LogP contribution in [0.5, 0.6) is 11.5 Å². The molecule has 1 aliphatic heterocycles. The number of thioether (sulfide) groups is 1. The van der Waals surface area contributed by atoms with Gasteiger partial charge in [0, 0.05) is 16.5 Å². The van der Waals surface area contributed by atoms with Crippen LogP contribution in [0.15, 0.2) is 33.9 Å². The highest BCUT2D eigenvalue weighted by Gasteiger charge is 2.20. The molecule has 1 unspecified atom stereocenters. The van der Waals surface area contributed by atoms with Gasteiger partial charge in [0.15, 0.2) is 11.5 Å². The van der Waals surface area contributed by atoms with Gasteiger partial charge < -0.3 is 14.2 Å². The van der Waals surface area contributed by atoms with Crippen LogP contribution in [0.4, 0.5) is 0 Å². The van der Waals surface area contributed by atoms with Gasteiger partial charge in [0.05, 0.1) is 17.0 Å². The van der Waals surface area contributed by atoms with Crippen LogP contribution in [0.2, 0.25) is 0 Å². The summed E-state index contributed by atoms with van der Waals surface area (Å²) in [7, 11) is 1.39. The minimum atomic E-state index is -0.320. The fraction of sp³-hybridized carbons (Fsp3) is 0.263. The molecule has 3 heterocycles. The number of rotatable bonds is 4. The molecule has 0 saturated heterocycles. The number of thiazole rings is 1. The van der Waals surface area contributed by atoms with Gasteiger partial charge >= 0.3 is 5.97 Å². The monoisotopic (exact) mass is 419 g/mol. The minimum absolute atomic E-state index is 0.0572. The van der Waals surface area contributed by atoms with Crippen LogP contribution < -0.4 is 9.47 Å². The summed E-state index contributed by atoms with van der Waals surface area (Å²) < 4.78 is 17.4. The van der Waals surface area contributed by atoms with Gasteiger partial charge in [-0.2, -0.15) is 0 Å². The fourth-order valence-electron chi connectivity index (χ4n) is 2.74. The average Bonchev–Trinajstić information content (AvgIpc) is 3.33. The summed E-state index contributed by atoms with van der Waals surface area (Å²) in [6.07, 6.45) is 2.05. The number of carbonyl (C=O) groups excluding carboxylic acids is 1. The molecule has 2 aromatic heterocycles. The molecule has 4 rings (SSSR count). The van der Waals surface area contributed by atoms with Crippen molar-refractivity contribution < 1.29 is 19.0 Å². The Bertz CT molecular complexity index is 995. The topological polar surface area (TPSA) is 57.7 Å². The zero-order chi connectivity index (χ0) is 19.0. The van der Waals surface area contributed by atoms with Gasteiger partial charge in [-0.1, -0.05) is 0 Å². The maximum atomic E-state index is 11.8. The van der Waals surface area contributed by atoms with E-state index in [1.54, 1.807) is 23.1 Å². The lowest BCUT2D eigenvalue weighted by Crippen LogP contribution is -2.25. The average molecular weight is 420 g/mol. The van der Waals surface area contributed by atoms with E-state index in [4.69, 9.17) is 19.2 Å². The minimum Gasteiger partial charge on any atom is -0.486 e. The third-order valence-electron chi connectivity index (χ3n) is 4.05. The molecule has 3 aromatic rings. The first-order chi connectivity index (χ1) is 13.1. The molecular weight excluding hydrogens is 402 g/mol. The van der Waals surface area contributed by atoms with Crippen molar-refractivity contribution in [3.63, 3.8) is 0 Å². The number of methoxy groups -OCH3 is 1. The molecule has 0 radical (unpaired) electrons. The van der Waals surface area contributed by atoms with Crippen molar-refractivity contribution in [2.24, 2.45) is 0 Å². The summed E-state index contributed by atoms with van der Waals surface area (Å²) in [5, 5.41) is 2.90. The number of aromatic nitrogens is 1. The largest absolute Gasteiger partial charge is 0.486 e. The van der Waals surface area contributed by atoms with Crippen LogP contribution in [0, 0.1) is 0 Å². The lowest BCUT2D eigenvalue weighted by molar-refractivity contribution is 0.0606. The van der Waals surface area contributed by atoms with Crippen LogP contribution >= 0.6 is 34.4 Å². The van der Waals surface area contributed by atoms with Gasteiger partial charge in [-0.3, -0.25) is 0 Å². The normalized spacial score (nSPS) is 15.6. The highest BCUT2D eigenvalue weighted by molar-refractivity contribution is 8.00. The summed E-state index contributed by atoms with van der Waals surface area (Å²) >= 11 is 4.59. The Morgan fingerprint density at radius 1 is 1.33 bits per heavy atom. The molecule has 0 aliphatic carbocycles. The van der Waals surface area contributed by atoms with Crippen LogP contribution in [0.3, 0.4) is 0 Å². The van der Waals surface area contributed by atoms with E-state index in [0.717, 1.165) is 37.5 Å². The lowest BCUT2D eigenvalue weighted by Gasteiger charge is -2.24. The fourth-order valence-corrected chi connectivity index (χ4v) is 5.51. The number of hydrogen-bond acceptors (Lipinski definition) is 8. The molecule has 0 fully saturated rings. The molecule has 1 aromatic carbocycles. The van der Waals surface area contributed by atoms with Crippen LogP contribution in [0.25, 0.3) is 21.8 Å². The summed E-state index contributed by atoms with van der Waals surface area (Å²) in [6, 6.07) is 7.73. The highest BCUT2D eigenvalue weighted by atomic mass is 32.2. The Morgan fingerprint density at radius 2 is 2.19 bits per heavy atom. The van der Waals surface area contributed by atoms with Gasteiger partial charge in [0.2, 0.25) is 0 Å². The van der Waals surface area contributed by atoms with Gasteiger partial charge in [-0.25, -0.2) is 9.78 Å². The Balaban J connectivity index is 1.66. The van der Waals surface area contributed by atoms with Crippen LogP contribution in [0.1, 0.15) is 16.6 Å². The van der Waals surface area contributed by atoms with E-state index >= 15 is 0 Å². The van der Waals surface area contributed by atoms with Crippen LogP contribution in [-0.2, 0) is 4.74 Å². The number of esters is 1. The highest BCUT2D eigenvalue weighted by Crippen LogP contribution is 2.41. The van der Waals surface area contributed by atoms with Crippen molar-refractivity contribution in [2.75, 3.05) is 20.0 Å². The predicted octanol–water partition coefficient (Wildman–Crippen LogP) is 5.21. The standard InChI is InChI=1S/C19H17NO4S3/c1-10-8-23-15-6-11(4-5-14(15)24-10)13-9-26-17(20-13)12-7-16(18(21)22-2)27-19(12)25-3/h4-7,9-10H,8H2,1-3H3. The van der Waals surface area contributed by atoms with E-state index < -0.39 is 0 Å². The van der Waals surface area contributed by atoms with Crippen molar-refractivity contribution in [1.29, 1.82) is 0 Å². The number of benzene rings is 1. The lowest BCUT2D eigenvalue weighted by atomic mass is 10.1. The van der Waals surface area contributed by atoms with Crippen molar-refractivity contribution in [2.45, 2.75) is 17.2 Å². The third-order valence-corrected chi connectivity index (χ3v) is 7.17. The number of ether oxygens (including phenoxy) is 3. The molecule has 5 nitrogen and oxygen atoms in total. The van der Waals surface area contributed by atoms with Crippen molar-refractivity contribution >= 4 is 40.4 Å². The molecule has 140 valence electrons. The SMILES string of the molecule is COC(=O)c1cc(-c2nc(-c3ccc4c(c3)OCC(C)O4)cs2)c(SC)s1. The summed E-state index contributed by atoms with van der Waals surface area (Å²) in [5.41, 5.74) is 2.82. The first-order valence-electron chi connectivity index (χ1n) is 8.25. The number of nitrogens with zero attached hydrogens (tertiary/aromatic N) is 1. The Kier molecular flexibility index (Phi) is 5.12. The molecule has 1 aliphatic rings. The van der Waals surface area contributed by atoms with Gasteiger partial charge in [0.1, 0.15) is 22.6 Å². The number of hydrogen-bond donors (Lipinski definition) is 0. The summed E-state index contributed by atoms with van der Waals surface area (Å²) in [4.78, 5) is 17.2. The molecule has 8 heteroatoms. The van der Waals surface area contributed by atoms with Gasteiger partial charge in [-0.05, 0) is 37.4 Å². The molecular formula is C19H17NO4S3. The van der Waals surface area contributed by atoms with Gasteiger partial charge in [0.25, 0.3) is 0 Å². The Morgan fingerprint density at radius 3 is 2.96 bits per heavy atom. The molecule has 27 heavy (non-hydrogen) atoms. The first kappa shape index (κ1) is 18.3. The van der Waals surface area contributed by atoms with E-state index in [2.05, 4.69) is 0 Å². The van der Waals surface area contributed by atoms with Gasteiger partial charge in [-0.15, -0.1) is 34.4 Å². The van der Waals surface area contributed by atoms with E-state index in [-0.39, 0.29) is 12.1 Å². The second-order valence-electron chi connectivity index (χ2n) is 5.95. The maximum absolute atomic E-state index is 11.8. The van der Waals surface area contributed by atoms with E-state index in [0.29, 0.717) is 11.5 Å².